The van der Waals surface area contributed by atoms with E-state index in [4.69, 9.17) is 10.2 Å². The van der Waals surface area contributed by atoms with Crippen LogP contribution in [0.3, 0.4) is 0 Å². The van der Waals surface area contributed by atoms with E-state index in [0.29, 0.717) is 12.0 Å². The normalized spacial score (nSPS) is 19.9. The number of carboxylic acid groups (broad SMARTS) is 2. The number of likely N-dealkylation sites (N-methyl/N-ethyl adjacent to an activating group) is 1. The second-order valence-corrected chi connectivity index (χ2v) is 10.9. The SMILES string of the molecule is CCCCn1cc2c3c(cccc31)[C@H]1C[C@@H](C(=O)NCCCCc3ncc[nH]3)CN(C)[C@@H]1C2.O=C(O)CC(=O)O. The molecule has 1 saturated heterocycles. The van der Waals surface area contributed by atoms with Crippen LogP contribution in [0.15, 0.2) is 36.8 Å². The number of hydrogen-bond donors (Lipinski definition) is 4. The molecule has 0 unspecified atom stereocenters. The van der Waals surface area contributed by atoms with Crippen molar-refractivity contribution in [1.82, 2.24) is 24.8 Å². The molecule has 0 saturated carbocycles. The summed E-state index contributed by atoms with van der Waals surface area (Å²) in [4.78, 5) is 41.8. The number of nitrogens with one attached hydrogen (secondary N) is 2. The van der Waals surface area contributed by atoms with E-state index >= 15 is 0 Å². The summed E-state index contributed by atoms with van der Waals surface area (Å²) in [5, 5.41) is 20.1. The van der Waals surface area contributed by atoms with Gasteiger partial charge >= 0.3 is 11.9 Å². The van der Waals surface area contributed by atoms with Crippen LogP contribution >= 0.6 is 0 Å². The summed E-state index contributed by atoms with van der Waals surface area (Å²) in [6.45, 7) is 4.94. The van der Waals surface area contributed by atoms with E-state index in [1.807, 2.05) is 6.20 Å². The number of imidazole rings is 1. The number of carboxylic acids is 2. The summed E-state index contributed by atoms with van der Waals surface area (Å²) in [5.74, 6) is -0.899. The third-order valence-corrected chi connectivity index (χ3v) is 8.04. The molecule has 1 aliphatic carbocycles. The van der Waals surface area contributed by atoms with Crippen LogP contribution in [0.4, 0.5) is 0 Å². The van der Waals surface area contributed by atoms with Gasteiger partial charge in [0.15, 0.2) is 0 Å². The van der Waals surface area contributed by atoms with Crippen molar-refractivity contribution in [3.8, 4) is 0 Å². The molecule has 1 aromatic carbocycles. The van der Waals surface area contributed by atoms with E-state index in [2.05, 4.69) is 63.1 Å². The Bertz CT molecular complexity index is 1290. The number of H-pyrrole nitrogens is 1. The fraction of sp³-hybridized carbons (Fsp3) is 0.533. The highest BCUT2D eigenvalue weighted by molar-refractivity contribution is 5.90. The van der Waals surface area contributed by atoms with Crippen LogP contribution < -0.4 is 5.32 Å². The zero-order valence-electron chi connectivity index (χ0n) is 23.4. The maximum Gasteiger partial charge on any atom is 0.314 e. The van der Waals surface area contributed by atoms with Crippen molar-refractivity contribution < 1.29 is 24.6 Å². The van der Waals surface area contributed by atoms with Crippen LogP contribution in [-0.2, 0) is 33.8 Å². The molecule has 40 heavy (non-hydrogen) atoms. The number of likely N-dealkylation sites (tertiary alicyclic amines) is 1. The highest BCUT2D eigenvalue weighted by atomic mass is 16.4. The van der Waals surface area contributed by atoms with Crippen molar-refractivity contribution in [1.29, 1.82) is 0 Å². The minimum atomic E-state index is -1.31. The zero-order valence-corrected chi connectivity index (χ0v) is 23.4. The van der Waals surface area contributed by atoms with Crippen LogP contribution in [0.25, 0.3) is 10.9 Å². The maximum absolute atomic E-state index is 13.1. The number of fused-ring (bicyclic) bond motifs is 2. The van der Waals surface area contributed by atoms with Gasteiger partial charge in [0.1, 0.15) is 12.2 Å². The molecule has 2 aromatic heterocycles. The number of piperidine rings is 1. The Balaban J connectivity index is 0.000000470. The smallest absolute Gasteiger partial charge is 0.314 e. The summed E-state index contributed by atoms with van der Waals surface area (Å²) in [6, 6.07) is 7.30. The van der Waals surface area contributed by atoms with Gasteiger partial charge in [0.05, 0.1) is 5.92 Å². The van der Waals surface area contributed by atoms with Gasteiger partial charge in [-0.2, -0.15) is 0 Å². The van der Waals surface area contributed by atoms with Crippen LogP contribution in [0, 0.1) is 5.92 Å². The third kappa shape index (κ3) is 7.10. The lowest BCUT2D eigenvalue weighted by Gasteiger charge is -2.45. The molecule has 4 N–H and O–H groups in total. The number of benzene rings is 1. The maximum atomic E-state index is 13.1. The Kier molecular flexibility index (Phi) is 9.98. The van der Waals surface area contributed by atoms with E-state index in [1.165, 1.54) is 34.9 Å². The lowest BCUT2D eigenvalue weighted by molar-refractivity contribution is -0.147. The van der Waals surface area contributed by atoms with Gasteiger partial charge < -0.3 is 30.0 Å². The lowest BCUT2D eigenvalue weighted by atomic mass is 9.72. The van der Waals surface area contributed by atoms with Gasteiger partial charge in [0, 0.05) is 67.5 Å². The quantitative estimate of drug-likeness (QED) is 0.210. The van der Waals surface area contributed by atoms with Crippen LogP contribution in [0.1, 0.15) is 68.3 Å². The van der Waals surface area contributed by atoms with E-state index in [-0.39, 0.29) is 11.8 Å². The summed E-state index contributed by atoms with van der Waals surface area (Å²) in [7, 11) is 2.21. The molecule has 216 valence electrons. The fourth-order valence-corrected chi connectivity index (χ4v) is 6.16. The van der Waals surface area contributed by atoms with Crippen molar-refractivity contribution in [3.63, 3.8) is 0 Å². The standard InChI is InChI=1S/C27H37N5O.C3H4O4/c1-3-4-14-32-18-19-16-24-22(21-8-7-9-23(32)26(19)21)15-20(17-31(24)2)27(33)30-11-6-5-10-25-28-12-13-29-25;4-2(5)1-3(6)7/h7-9,12-13,18,20,22,24H,3-6,10-11,14-17H2,1-2H3,(H,28,29)(H,30,33);1H2,(H,4,5)(H,6,7)/t20-,22-,24-;/m1./s1. The highest BCUT2D eigenvalue weighted by Gasteiger charge is 2.41. The molecule has 5 rings (SSSR count). The second-order valence-electron chi connectivity index (χ2n) is 10.9. The Hall–Kier alpha value is -3.66. The number of aromatic nitrogens is 3. The van der Waals surface area contributed by atoms with Gasteiger partial charge in [0.25, 0.3) is 0 Å². The summed E-state index contributed by atoms with van der Waals surface area (Å²) < 4.78 is 2.46. The molecule has 10 nitrogen and oxygen atoms in total. The summed E-state index contributed by atoms with van der Waals surface area (Å²) >= 11 is 0. The molecule has 3 atom stereocenters. The number of aliphatic carboxylic acids is 2. The number of rotatable bonds is 11. The number of nitrogens with zero attached hydrogens (tertiary/aromatic N) is 3. The van der Waals surface area contributed by atoms with Crippen LogP contribution in [0.5, 0.6) is 0 Å². The van der Waals surface area contributed by atoms with Crippen molar-refractivity contribution in [2.75, 3.05) is 20.1 Å². The monoisotopic (exact) mass is 551 g/mol. The summed E-state index contributed by atoms with van der Waals surface area (Å²) in [6.07, 6.45) is 12.7. The highest BCUT2D eigenvalue weighted by Crippen LogP contribution is 2.45. The van der Waals surface area contributed by atoms with Crippen LogP contribution in [-0.4, -0.2) is 73.7 Å². The van der Waals surface area contributed by atoms with E-state index in [0.717, 1.165) is 57.6 Å². The number of unbranched alkanes of at least 4 members (excludes halogenated alkanes) is 2. The summed E-state index contributed by atoms with van der Waals surface area (Å²) in [5.41, 5.74) is 4.32. The van der Waals surface area contributed by atoms with Gasteiger partial charge in [-0.15, -0.1) is 0 Å². The van der Waals surface area contributed by atoms with Crippen LogP contribution in [0.2, 0.25) is 0 Å². The predicted molar refractivity (Wildman–Crippen MR) is 152 cm³/mol. The predicted octanol–water partition coefficient (Wildman–Crippen LogP) is 3.81. The van der Waals surface area contributed by atoms with Crippen molar-refractivity contribution in [3.05, 3.63) is 53.7 Å². The van der Waals surface area contributed by atoms with Gasteiger partial charge in [-0.05, 0) is 56.3 Å². The Morgan fingerprint density at radius 3 is 2.62 bits per heavy atom. The molecule has 1 fully saturated rings. The van der Waals surface area contributed by atoms with Gasteiger partial charge in [0.2, 0.25) is 5.91 Å². The minimum absolute atomic E-state index is 0.0558. The number of aryl methyl sites for hydroxylation is 2. The number of carbonyl (C=O) groups is 3. The van der Waals surface area contributed by atoms with Crippen molar-refractivity contribution in [2.24, 2.45) is 5.92 Å². The van der Waals surface area contributed by atoms with Gasteiger partial charge in [-0.1, -0.05) is 25.5 Å². The zero-order chi connectivity index (χ0) is 28.6. The largest absolute Gasteiger partial charge is 0.481 e. The number of hydrogen-bond acceptors (Lipinski definition) is 5. The molecule has 0 bridgehead atoms. The average molecular weight is 552 g/mol. The first kappa shape index (κ1) is 29.3. The second kappa shape index (κ2) is 13.6. The molecule has 0 radical (unpaired) electrons. The lowest BCUT2D eigenvalue weighted by Crippen LogP contribution is -2.51. The van der Waals surface area contributed by atoms with Crippen molar-refractivity contribution in [2.45, 2.75) is 76.8 Å². The first-order valence-corrected chi connectivity index (χ1v) is 14.3. The van der Waals surface area contributed by atoms with Gasteiger partial charge in [-0.3, -0.25) is 14.4 Å². The topological polar surface area (TPSA) is 141 Å². The number of aromatic amines is 1. The first-order chi connectivity index (χ1) is 19.3. The third-order valence-electron chi connectivity index (χ3n) is 8.04. The molecular formula is C30H41N5O5. The molecule has 10 heteroatoms. The molecule has 3 aromatic rings. The molecule has 1 aliphatic heterocycles. The minimum Gasteiger partial charge on any atom is -0.481 e. The number of amides is 1. The Morgan fingerprint density at radius 1 is 1.15 bits per heavy atom. The van der Waals surface area contributed by atoms with E-state index in [9.17, 15) is 14.4 Å². The average Bonchev–Trinajstić information content (AvgIpc) is 3.56. The fourth-order valence-electron chi connectivity index (χ4n) is 6.16. The Morgan fingerprint density at radius 2 is 1.95 bits per heavy atom. The molecule has 2 aliphatic rings. The molecule has 1 amide bonds. The van der Waals surface area contributed by atoms with Crippen molar-refractivity contribution >= 4 is 28.7 Å². The molecular weight excluding hydrogens is 510 g/mol. The Labute approximate surface area is 234 Å². The molecule has 3 heterocycles. The van der Waals surface area contributed by atoms with Gasteiger partial charge in [-0.25, -0.2) is 4.98 Å². The first-order valence-electron chi connectivity index (χ1n) is 14.3. The van der Waals surface area contributed by atoms with E-state index < -0.39 is 18.4 Å². The number of carbonyl (C=O) groups excluding carboxylic acids is 1. The van der Waals surface area contributed by atoms with E-state index in [1.54, 1.807) is 6.20 Å². The molecule has 0 spiro atoms.